The molecule has 0 saturated heterocycles. The first kappa shape index (κ1) is 15.9. The zero-order valence-electron chi connectivity index (χ0n) is 13.3. The number of fused-ring (bicyclic) bond motifs is 1. The molecule has 0 saturated carbocycles. The van der Waals surface area contributed by atoms with Crippen molar-refractivity contribution >= 4 is 44.5 Å². The minimum absolute atomic E-state index is 0.704. The van der Waals surface area contributed by atoms with Gasteiger partial charge in [0, 0.05) is 17.8 Å². The first-order chi connectivity index (χ1) is 12.3. The van der Waals surface area contributed by atoms with E-state index in [0.29, 0.717) is 6.54 Å². The Labute approximate surface area is 154 Å². The third-order valence-corrected chi connectivity index (χ3v) is 5.12. The highest BCUT2D eigenvalue weighted by Crippen LogP contribution is 2.25. The number of anilines is 1. The first-order valence-electron chi connectivity index (χ1n) is 7.83. The second-order valence-corrected chi connectivity index (χ2v) is 6.95. The zero-order valence-corrected chi connectivity index (χ0v) is 14.8. The molecule has 0 radical (unpaired) electrons. The molecule has 4 rings (SSSR count). The minimum atomic E-state index is 0.704. The van der Waals surface area contributed by atoms with Crippen LogP contribution in [0.3, 0.4) is 0 Å². The Hall–Kier alpha value is -2.63. The van der Waals surface area contributed by atoms with Crippen molar-refractivity contribution in [3.8, 4) is 0 Å². The summed E-state index contributed by atoms with van der Waals surface area (Å²) in [5.41, 5.74) is 6.06. The topological polar surface area (TPSA) is 42.2 Å². The van der Waals surface area contributed by atoms with Gasteiger partial charge in [-0.15, -0.1) is 0 Å². The average Bonchev–Trinajstić information content (AvgIpc) is 3.23. The fourth-order valence-corrected chi connectivity index (χ4v) is 3.58. The van der Waals surface area contributed by atoms with Crippen LogP contribution in [0.5, 0.6) is 0 Å². The number of halogens is 1. The van der Waals surface area contributed by atoms with E-state index in [1.54, 1.807) is 17.6 Å². The summed E-state index contributed by atoms with van der Waals surface area (Å²) in [5, 5.41) is 5.87. The third-order valence-electron chi connectivity index (χ3n) is 3.81. The van der Waals surface area contributed by atoms with Crippen LogP contribution < -0.4 is 5.43 Å². The second-order valence-electron chi connectivity index (χ2n) is 5.51. The van der Waals surface area contributed by atoms with Gasteiger partial charge in [0.1, 0.15) is 0 Å². The van der Waals surface area contributed by atoms with Crippen molar-refractivity contribution in [1.82, 2.24) is 9.55 Å². The Morgan fingerprint density at radius 3 is 2.80 bits per heavy atom. The fraction of sp³-hybridized carbons (Fsp3) is 0.0526. The number of nitrogens with zero attached hydrogens (tertiary/aromatic N) is 3. The van der Waals surface area contributed by atoms with Crippen LogP contribution in [0.25, 0.3) is 10.2 Å². The van der Waals surface area contributed by atoms with Crippen LogP contribution in [0.1, 0.15) is 11.3 Å². The molecule has 0 spiro atoms. The molecule has 2 heterocycles. The van der Waals surface area contributed by atoms with E-state index in [9.17, 15) is 0 Å². The van der Waals surface area contributed by atoms with Crippen LogP contribution >= 0.6 is 22.9 Å². The van der Waals surface area contributed by atoms with Crippen molar-refractivity contribution in [2.24, 2.45) is 5.10 Å². The van der Waals surface area contributed by atoms with Gasteiger partial charge in [-0.05, 0) is 35.9 Å². The molecule has 25 heavy (non-hydrogen) atoms. The van der Waals surface area contributed by atoms with E-state index < -0.39 is 0 Å². The molecule has 0 aliphatic heterocycles. The Bertz CT molecular complexity index is 1000. The number of nitrogens with one attached hydrogen (secondary N) is 1. The molecule has 0 aliphatic carbocycles. The lowest BCUT2D eigenvalue weighted by Gasteiger charge is -2.08. The molecular formula is C19H15ClN4S. The van der Waals surface area contributed by atoms with Crippen LogP contribution in [0.4, 0.5) is 5.13 Å². The summed E-state index contributed by atoms with van der Waals surface area (Å²) in [5.74, 6) is 0. The molecule has 4 aromatic rings. The van der Waals surface area contributed by atoms with E-state index >= 15 is 0 Å². The zero-order chi connectivity index (χ0) is 17.1. The number of rotatable bonds is 5. The van der Waals surface area contributed by atoms with E-state index in [1.165, 1.54) is 0 Å². The van der Waals surface area contributed by atoms with Crippen molar-refractivity contribution in [2.75, 3.05) is 5.43 Å². The minimum Gasteiger partial charge on any atom is -0.342 e. The average molecular weight is 367 g/mol. The summed E-state index contributed by atoms with van der Waals surface area (Å²) in [6.07, 6.45) is 3.81. The summed E-state index contributed by atoms with van der Waals surface area (Å²) >= 11 is 7.83. The Morgan fingerprint density at radius 2 is 1.92 bits per heavy atom. The molecule has 2 aromatic heterocycles. The molecule has 4 nitrogen and oxygen atoms in total. The maximum absolute atomic E-state index is 6.25. The van der Waals surface area contributed by atoms with E-state index in [1.807, 2.05) is 60.8 Å². The van der Waals surface area contributed by atoms with Gasteiger partial charge in [0.05, 0.1) is 22.1 Å². The monoisotopic (exact) mass is 366 g/mol. The smallest absolute Gasteiger partial charge is 0.204 e. The molecule has 2 aromatic carbocycles. The fourth-order valence-electron chi connectivity index (χ4n) is 2.57. The highest BCUT2D eigenvalue weighted by atomic mass is 35.5. The maximum atomic E-state index is 6.25. The lowest BCUT2D eigenvalue weighted by Crippen LogP contribution is -2.03. The van der Waals surface area contributed by atoms with E-state index in [2.05, 4.69) is 26.1 Å². The summed E-state index contributed by atoms with van der Waals surface area (Å²) in [6, 6.07) is 19.9. The molecule has 6 heteroatoms. The number of thiazole rings is 1. The summed E-state index contributed by atoms with van der Waals surface area (Å²) < 4.78 is 3.24. The normalized spacial score (nSPS) is 11.4. The van der Waals surface area contributed by atoms with Gasteiger partial charge in [-0.3, -0.25) is 5.43 Å². The molecular weight excluding hydrogens is 352 g/mol. The van der Waals surface area contributed by atoms with Gasteiger partial charge >= 0.3 is 0 Å². The standard InChI is InChI=1S/C19H15ClN4S/c20-16-8-2-1-6-14(16)13-24-11-5-7-15(24)12-21-23-19-22-17-9-3-4-10-18(17)25-19/h1-12H,13H2,(H,22,23)/b21-12+. The number of hydrogen-bond donors (Lipinski definition) is 1. The summed E-state index contributed by atoms with van der Waals surface area (Å²) in [4.78, 5) is 4.50. The quantitative estimate of drug-likeness (QED) is 0.387. The van der Waals surface area contributed by atoms with Gasteiger partial charge in [-0.1, -0.05) is 53.3 Å². The first-order valence-corrected chi connectivity index (χ1v) is 9.02. The third kappa shape index (κ3) is 3.57. The molecule has 1 N–H and O–H groups in total. The molecule has 0 aliphatic rings. The maximum Gasteiger partial charge on any atom is 0.204 e. The molecule has 0 fully saturated rings. The van der Waals surface area contributed by atoms with Crippen molar-refractivity contribution in [2.45, 2.75) is 6.54 Å². The van der Waals surface area contributed by atoms with E-state index in [-0.39, 0.29) is 0 Å². The predicted molar refractivity (Wildman–Crippen MR) is 106 cm³/mol. The number of hydrazone groups is 1. The van der Waals surface area contributed by atoms with E-state index in [0.717, 1.165) is 31.6 Å². The lowest BCUT2D eigenvalue weighted by molar-refractivity contribution is 0.800. The largest absolute Gasteiger partial charge is 0.342 e. The van der Waals surface area contributed by atoms with Gasteiger partial charge in [0.15, 0.2) is 0 Å². The summed E-state index contributed by atoms with van der Waals surface area (Å²) in [6.45, 7) is 0.704. The highest BCUT2D eigenvalue weighted by molar-refractivity contribution is 7.22. The van der Waals surface area contributed by atoms with E-state index in [4.69, 9.17) is 11.6 Å². The Morgan fingerprint density at radius 1 is 1.08 bits per heavy atom. The molecule has 124 valence electrons. The molecule has 0 unspecified atom stereocenters. The van der Waals surface area contributed by atoms with Crippen molar-refractivity contribution in [1.29, 1.82) is 0 Å². The molecule has 0 bridgehead atoms. The van der Waals surface area contributed by atoms with Crippen molar-refractivity contribution < 1.29 is 0 Å². The number of aromatic nitrogens is 2. The summed E-state index contributed by atoms with van der Waals surface area (Å²) in [7, 11) is 0. The van der Waals surface area contributed by atoms with Gasteiger partial charge in [-0.2, -0.15) is 5.10 Å². The highest BCUT2D eigenvalue weighted by Gasteiger charge is 2.04. The molecule has 0 atom stereocenters. The van der Waals surface area contributed by atoms with Crippen LogP contribution in [0, 0.1) is 0 Å². The SMILES string of the molecule is Clc1ccccc1Cn1cccc1/C=N/Nc1nc2ccccc2s1. The number of hydrogen-bond acceptors (Lipinski definition) is 4. The van der Waals surface area contributed by atoms with Crippen LogP contribution in [-0.2, 0) is 6.54 Å². The van der Waals surface area contributed by atoms with Crippen LogP contribution in [-0.4, -0.2) is 15.8 Å². The number of para-hydroxylation sites is 1. The van der Waals surface area contributed by atoms with Gasteiger partial charge in [0.2, 0.25) is 5.13 Å². The van der Waals surface area contributed by atoms with Gasteiger partial charge < -0.3 is 4.57 Å². The second kappa shape index (κ2) is 7.09. The Balaban J connectivity index is 1.48. The van der Waals surface area contributed by atoms with Crippen LogP contribution in [0.2, 0.25) is 5.02 Å². The number of benzene rings is 2. The van der Waals surface area contributed by atoms with Crippen molar-refractivity contribution in [3.05, 3.63) is 83.1 Å². The van der Waals surface area contributed by atoms with Gasteiger partial charge in [0.25, 0.3) is 0 Å². The van der Waals surface area contributed by atoms with Crippen molar-refractivity contribution in [3.63, 3.8) is 0 Å². The molecule has 0 amide bonds. The Kier molecular flexibility index (Phi) is 4.50. The lowest BCUT2D eigenvalue weighted by atomic mass is 10.2. The predicted octanol–water partition coefficient (Wildman–Crippen LogP) is 5.25. The van der Waals surface area contributed by atoms with Crippen LogP contribution in [0.15, 0.2) is 72.0 Å². The van der Waals surface area contributed by atoms with Gasteiger partial charge in [-0.25, -0.2) is 4.98 Å².